The van der Waals surface area contributed by atoms with Crippen molar-refractivity contribution >= 4 is 17.6 Å². The van der Waals surface area contributed by atoms with Crippen LogP contribution in [0.1, 0.15) is 51.2 Å². The molecule has 0 unspecified atom stereocenters. The predicted octanol–water partition coefficient (Wildman–Crippen LogP) is 3.57. The van der Waals surface area contributed by atoms with Crippen LogP contribution in [0.4, 0.5) is 4.79 Å². The summed E-state index contributed by atoms with van der Waals surface area (Å²) in [6, 6.07) is 8.10. The molecule has 2 aliphatic rings. The van der Waals surface area contributed by atoms with E-state index in [4.69, 9.17) is 4.74 Å². The third kappa shape index (κ3) is 2.91. The molecule has 1 aromatic carbocycles. The lowest BCUT2D eigenvalue weighted by Crippen LogP contribution is -2.46. The number of carbonyl (C=O) groups is 1. The minimum Gasteiger partial charge on any atom is -0.444 e. The van der Waals surface area contributed by atoms with Gasteiger partial charge in [0.2, 0.25) is 0 Å². The second-order valence-electron chi connectivity index (χ2n) is 7.55. The Kier molecular flexibility index (Phi) is 3.81. The van der Waals surface area contributed by atoms with Crippen molar-refractivity contribution in [3.8, 4) is 0 Å². The normalized spacial score (nSPS) is 19.4. The molecule has 122 valence electrons. The van der Waals surface area contributed by atoms with Gasteiger partial charge in [0.05, 0.1) is 0 Å². The van der Waals surface area contributed by atoms with Crippen molar-refractivity contribution in [1.29, 1.82) is 0 Å². The first kappa shape index (κ1) is 15.8. The van der Waals surface area contributed by atoms with Gasteiger partial charge >= 0.3 is 6.09 Å². The highest BCUT2D eigenvalue weighted by Crippen LogP contribution is 2.50. The van der Waals surface area contributed by atoms with Crippen molar-refractivity contribution in [2.24, 2.45) is 0 Å². The Balaban J connectivity index is 1.77. The van der Waals surface area contributed by atoms with E-state index in [1.165, 1.54) is 5.56 Å². The van der Waals surface area contributed by atoms with Gasteiger partial charge in [-0.1, -0.05) is 24.3 Å². The number of hydrogen-bond acceptors (Lipinski definition) is 3. The van der Waals surface area contributed by atoms with Gasteiger partial charge in [-0.15, -0.1) is 0 Å². The maximum absolute atomic E-state index is 12.2. The number of hydrogen-bond donors (Lipinski definition) is 0. The summed E-state index contributed by atoms with van der Waals surface area (Å²) in [4.78, 5) is 25.3. The van der Waals surface area contributed by atoms with Crippen LogP contribution >= 0.6 is 0 Å². The Morgan fingerprint density at radius 3 is 2.48 bits per heavy atom. The lowest BCUT2D eigenvalue weighted by atomic mass is 9.74. The summed E-state index contributed by atoms with van der Waals surface area (Å²) in [7, 11) is 0. The third-order valence-electron chi connectivity index (χ3n) is 4.83. The summed E-state index contributed by atoms with van der Waals surface area (Å²) >= 11 is 0. The molecule has 1 aromatic rings. The average molecular weight is 313 g/mol. The average Bonchev–Trinajstić information content (AvgIpc) is 2.81. The van der Waals surface area contributed by atoms with E-state index in [1.807, 2.05) is 39.0 Å². The fourth-order valence-electron chi connectivity index (χ4n) is 3.72. The summed E-state index contributed by atoms with van der Waals surface area (Å²) in [6.45, 7) is 6.96. The quantitative estimate of drug-likeness (QED) is 0.688. The van der Waals surface area contributed by atoms with Gasteiger partial charge in [-0.25, -0.2) is 9.59 Å². The van der Waals surface area contributed by atoms with Crippen LogP contribution in [0, 0.1) is 0 Å². The number of amides is 1. The van der Waals surface area contributed by atoms with E-state index in [1.54, 1.807) is 4.90 Å². The fourth-order valence-corrected chi connectivity index (χ4v) is 3.72. The Bertz CT molecular complexity index is 672. The number of carbonyl (C=O) groups excluding carboxylic acids is 2. The standard InChI is InChI=1S/C19H23NO3/c1-18(2,3)23-17(22)20-10-8-19(9-11-20)12-14(13-21)15-6-4-5-7-16(15)19/h4-7H,8-12H2,1-3H3. The highest BCUT2D eigenvalue weighted by atomic mass is 16.6. The summed E-state index contributed by atoms with van der Waals surface area (Å²) in [5.41, 5.74) is 2.54. The Hall–Kier alpha value is -2.06. The summed E-state index contributed by atoms with van der Waals surface area (Å²) < 4.78 is 5.46. The molecule has 23 heavy (non-hydrogen) atoms. The monoisotopic (exact) mass is 313 g/mol. The summed E-state index contributed by atoms with van der Waals surface area (Å²) in [6.07, 6.45) is 2.20. The predicted molar refractivity (Wildman–Crippen MR) is 88.9 cm³/mol. The highest BCUT2D eigenvalue weighted by molar-refractivity contribution is 5.92. The van der Waals surface area contributed by atoms with Crippen LogP contribution in [0.3, 0.4) is 0 Å². The van der Waals surface area contributed by atoms with Gasteiger partial charge in [0.1, 0.15) is 11.5 Å². The summed E-state index contributed by atoms with van der Waals surface area (Å²) in [5.74, 6) is 2.12. The van der Waals surface area contributed by atoms with Crippen LogP contribution in [0.5, 0.6) is 0 Å². The number of likely N-dealkylation sites (tertiary alicyclic amines) is 1. The van der Waals surface area contributed by atoms with Gasteiger partial charge in [0.25, 0.3) is 0 Å². The zero-order valence-electron chi connectivity index (χ0n) is 14.0. The van der Waals surface area contributed by atoms with E-state index < -0.39 is 5.60 Å². The van der Waals surface area contributed by atoms with E-state index in [2.05, 4.69) is 12.0 Å². The number of ether oxygens (including phenoxy) is 1. The Morgan fingerprint density at radius 2 is 1.87 bits per heavy atom. The van der Waals surface area contributed by atoms with Crippen LogP contribution in [0.15, 0.2) is 24.3 Å². The van der Waals surface area contributed by atoms with Crippen molar-refractivity contribution in [3.63, 3.8) is 0 Å². The first-order valence-corrected chi connectivity index (χ1v) is 8.16. The Labute approximate surface area is 137 Å². The van der Waals surface area contributed by atoms with Gasteiger partial charge in [0, 0.05) is 24.1 Å². The summed E-state index contributed by atoms with van der Waals surface area (Å²) in [5, 5.41) is 0. The molecule has 4 nitrogen and oxygen atoms in total. The van der Waals surface area contributed by atoms with Crippen molar-refractivity contribution in [1.82, 2.24) is 4.90 Å². The van der Waals surface area contributed by atoms with Crippen LogP contribution in [-0.4, -0.2) is 35.6 Å². The smallest absolute Gasteiger partial charge is 0.410 e. The molecule has 3 rings (SSSR count). The lowest BCUT2D eigenvalue weighted by molar-refractivity contribution is 0.0168. The molecule has 1 saturated heterocycles. The zero-order valence-corrected chi connectivity index (χ0v) is 14.0. The molecule has 0 aromatic heterocycles. The number of benzene rings is 1. The van der Waals surface area contributed by atoms with Crippen LogP contribution in [-0.2, 0) is 14.9 Å². The molecule has 1 fully saturated rings. The third-order valence-corrected chi connectivity index (χ3v) is 4.83. The van der Waals surface area contributed by atoms with Gasteiger partial charge in [-0.3, -0.25) is 0 Å². The second-order valence-corrected chi connectivity index (χ2v) is 7.55. The van der Waals surface area contributed by atoms with Gasteiger partial charge in [-0.2, -0.15) is 0 Å². The molecule has 4 heteroatoms. The van der Waals surface area contributed by atoms with E-state index in [0.717, 1.165) is 30.4 Å². The van der Waals surface area contributed by atoms with Gasteiger partial charge in [0.15, 0.2) is 0 Å². The molecule has 1 spiro atoms. The SMILES string of the molecule is CC(C)(C)OC(=O)N1CCC2(CC1)CC(=C=O)c1ccccc12. The van der Waals surface area contributed by atoms with Crippen molar-refractivity contribution in [2.45, 2.75) is 51.0 Å². The largest absolute Gasteiger partial charge is 0.444 e. The maximum Gasteiger partial charge on any atom is 0.410 e. The van der Waals surface area contributed by atoms with Gasteiger partial charge in [-0.05, 0) is 51.2 Å². The minimum atomic E-state index is -0.473. The minimum absolute atomic E-state index is 0.0259. The van der Waals surface area contributed by atoms with Gasteiger partial charge < -0.3 is 9.64 Å². The maximum atomic E-state index is 12.2. The Morgan fingerprint density at radius 1 is 1.22 bits per heavy atom. The zero-order chi connectivity index (χ0) is 16.7. The van der Waals surface area contributed by atoms with E-state index in [-0.39, 0.29) is 11.5 Å². The molecule has 1 aliphatic heterocycles. The number of rotatable bonds is 0. The fraction of sp³-hybridized carbons (Fsp3) is 0.526. The van der Waals surface area contributed by atoms with Crippen molar-refractivity contribution in [3.05, 3.63) is 35.4 Å². The highest BCUT2D eigenvalue weighted by Gasteiger charge is 2.44. The molecule has 0 saturated carbocycles. The number of nitrogens with zero attached hydrogens (tertiary/aromatic N) is 1. The van der Waals surface area contributed by atoms with E-state index >= 15 is 0 Å². The lowest BCUT2D eigenvalue weighted by Gasteiger charge is -2.40. The molecular weight excluding hydrogens is 290 g/mol. The number of piperidine rings is 1. The topological polar surface area (TPSA) is 46.6 Å². The van der Waals surface area contributed by atoms with Crippen molar-refractivity contribution in [2.75, 3.05) is 13.1 Å². The van der Waals surface area contributed by atoms with E-state index in [0.29, 0.717) is 13.1 Å². The molecule has 1 amide bonds. The molecule has 0 bridgehead atoms. The first-order chi connectivity index (χ1) is 10.8. The molecule has 1 heterocycles. The first-order valence-electron chi connectivity index (χ1n) is 8.16. The van der Waals surface area contributed by atoms with Crippen LogP contribution in [0.25, 0.3) is 5.57 Å². The molecule has 0 radical (unpaired) electrons. The van der Waals surface area contributed by atoms with E-state index in [9.17, 15) is 9.59 Å². The number of allylic oxidation sites excluding steroid dienone is 1. The van der Waals surface area contributed by atoms with Crippen LogP contribution in [0.2, 0.25) is 0 Å². The molecular formula is C19H23NO3. The molecule has 0 N–H and O–H groups in total. The molecule has 0 atom stereocenters. The number of fused-ring (bicyclic) bond motifs is 2. The van der Waals surface area contributed by atoms with Crippen LogP contribution < -0.4 is 0 Å². The molecule has 1 aliphatic carbocycles. The van der Waals surface area contributed by atoms with Crippen molar-refractivity contribution < 1.29 is 14.3 Å². The second kappa shape index (κ2) is 5.54.